The van der Waals surface area contributed by atoms with Gasteiger partial charge in [-0.2, -0.15) is 0 Å². The van der Waals surface area contributed by atoms with Crippen molar-refractivity contribution >= 4 is 11.7 Å². The van der Waals surface area contributed by atoms with Crippen molar-refractivity contribution in [2.24, 2.45) is 0 Å². The summed E-state index contributed by atoms with van der Waals surface area (Å²) in [5.74, 6) is 1.71. The normalized spacial score (nSPS) is 24.6. The van der Waals surface area contributed by atoms with Gasteiger partial charge in [-0.05, 0) is 56.9 Å². The molecule has 0 spiro atoms. The number of nitrogens with one attached hydrogen (secondary N) is 2. The second-order valence-electron chi connectivity index (χ2n) is 7.33. The molecule has 2 aliphatic heterocycles. The number of benzene rings is 1. The predicted octanol–water partition coefficient (Wildman–Crippen LogP) is 4.00. The van der Waals surface area contributed by atoms with Crippen molar-refractivity contribution < 1.29 is 13.9 Å². The molecule has 4 rings (SSSR count). The molecule has 2 unspecified atom stereocenters. The summed E-state index contributed by atoms with van der Waals surface area (Å²) in [6.45, 7) is 3.36. The minimum absolute atomic E-state index is 0.161. The van der Waals surface area contributed by atoms with Gasteiger partial charge in [0.25, 0.3) is 0 Å². The summed E-state index contributed by atoms with van der Waals surface area (Å²) in [7, 11) is 0. The second-order valence-corrected chi connectivity index (χ2v) is 7.33. The van der Waals surface area contributed by atoms with Crippen LogP contribution in [0.5, 0.6) is 5.75 Å². The first-order chi connectivity index (χ1) is 13.2. The van der Waals surface area contributed by atoms with E-state index in [4.69, 9.17) is 9.15 Å². The van der Waals surface area contributed by atoms with Crippen LogP contribution in [0.15, 0.2) is 47.1 Å². The number of hydrogen-bond donors (Lipinski definition) is 2. The summed E-state index contributed by atoms with van der Waals surface area (Å²) in [4.78, 5) is 15.0. The van der Waals surface area contributed by atoms with Gasteiger partial charge in [0.15, 0.2) is 0 Å². The minimum Gasteiger partial charge on any atom is -0.492 e. The maximum Gasteiger partial charge on any atom is 0.319 e. The third kappa shape index (κ3) is 4.11. The van der Waals surface area contributed by atoms with Gasteiger partial charge in [-0.3, -0.25) is 4.90 Å². The monoisotopic (exact) mass is 369 g/mol. The number of rotatable bonds is 6. The van der Waals surface area contributed by atoms with Gasteiger partial charge in [0.05, 0.1) is 25.1 Å². The van der Waals surface area contributed by atoms with Crippen LogP contribution in [0.2, 0.25) is 0 Å². The van der Waals surface area contributed by atoms with Crippen LogP contribution in [0.25, 0.3) is 0 Å². The number of piperidine rings is 1. The quantitative estimate of drug-likeness (QED) is 0.808. The smallest absolute Gasteiger partial charge is 0.319 e. The lowest BCUT2D eigenvalue weighted by atomic mass is 9.97. The highest BCUT2D eigenvalue weighted by Crippen LogP contribution is 2.37. The number of carbonyl (C=O) groups is 1. The molecular formula is C21H27N3O3. The number of nitrogens with zero attached hydrogens (tertiary/aromatic N) is 1. The Morgan fingerprint density at radius 2 is 1.96 bits per heavy atom. The zero-order chi connectivity index (χ0) is 18.6. The number of fused-ring (bicyclic) bond motifs is 2. The van der Waals surface area contributed by atoms with Crippen LogP contribution < -0.4 is 15.4 Å². The SMILES string of the molecule is CCOc1ccccc1NC(=O)NC1CC2CCC(C1)N2Cc1ccco1. The van der Waals surface area contributed by atoms with Crippen molar-refractivity contribution in [3.63, 3.8) is 0 Å². The van der Waals surface area contributed by atoms with E-state index in [1.165, 1.54) is 12.8 Å². The summed E-state index contributed by atoms with van der Waals surface area (Å²) in [5.41, 5.74) is 0.704. The largest absolute Gasteiger partial charge is 0.492 e. The number of para-hydroxylation sites is 2. The zero-order valence-corrected chi connectivity index (χ0v) is 15.7. The van der Waals surface area contributed by atoms with E-state index in [-0.39, 0.29) is 12.1 Å². The van der Waals surface area contributed by atoms with Gasteiger partial charge in [-0.1, -0.05) is 12.1 Å². The molecule has 6 nitrogen and oxygen atoms in total. The number of anilines is 1. The van der Waals surface area contributed by atoms with Crippen LogP contribution in [0.4, 0.5) is 10.5 Å². The molecule has 0 saturated carbocycles. The van der Waals surface area contributed by atoms with Crippen molar-refractivity contribution in [2.75, 3.05) is 11.9 Å². The molecule has 2 N–H and O–H groups in total. The van der Waals surface area contributed by atoms with E-state index in [0.29, 0.717) is 30.1 Å². The molecule has 6 heteroatoms. The van der Waals surface area contributed by atoms with Gasteiger partial charge in [-0.25, -0.2) is 4.79 Å². The highest BCUT2D eigenvalue weighted by molar-refractivity contribution is 5.91. The first kappa shape index (κ1) is 17.9. The molecule has 1 aromatic heterocycles. The van der Waals surface area contributed by atoms with E-state index in [1.54, 1.807) is 6.26 Å². The van der Waals surface area contributed by atoms with Gasteiger partial charge in [0, 0.05) is 18.1 Å². The van der Waals surface area contributed by atoms with Gasteiger partial charge in [0.1, 0.15) is 11.5 Å². The Bertz CT molecular complexity index is 748. The van der Waals surface area contributed by atoms with Crippen LogP contribution in [0, 0.1) is 0 Å². The lowest BCUT2D eigenvalue weighted by molar-refractivity contribution is 0.104. The van der Waals surface area contributed by atoms with E-state index in [2.05, 4.69) is 15.5 Å². The molecule has 144 valence electrons. The number of amides is 2. The van der Waals surface area contributed by atoms with Gasteiger partial charge < -0.3 is 19.8 Å². The number of hydrogen-bond acceptors (Lipinski definition) is 4. The number of ether oxygens (including phenoxy) is 1. The van der Waals surface area contributed by atoms with Crippen LogP contribution in [0.3, 0.4) is 0 Å². The minimum atomic E-state index is -0.161. The van der Waals surface area contributed by atoms with Crippen LogP contribution in [-0.2, 0) is 6.54 Å². The number of carbonyl (C=O) groups excluding carboxylic acids is 1. The number of furan rings is 1. The summed E-state index contributed by atoms with van der Waals surface area (Å²) in [6.07, 6.45) is 6.09. The fourth-order valence-electron chi connectivity index (χ4n) is 4.43. The fourth-order valence-corrected chi connectivity index (χ4v) is 4.43. The lowest BCUT2D eigenvalue weighted by Crippen LogP contribution is -2.50. The molecule has 2 bridgehead atoms. The second kappa shape index (κ2) is 8.05. The van der Waals surface area contributed by atoms with Crippen molar-refractivity contribution in [3.8, 4) is 5.75 Å². The highest BCUT2D eigenvalue weighted by atomic mass is 16.5. The maximum absolute atomic E-state index is 12.5. The lowest BCUT2D eigenvalue weighted by Gasteiger charge is -2.38. The molecule has 2 aliphatic rings. The van der Waals surface area contributed by atoms with Gasteiger partial charge in [0.2, 0.25) is 0 Å². The summed E-state index contributed by atoms with van der Waals surface area (Å²) in [5, 5.41) is 6.10. The Labute approximate surface area is 159 Å². The van der Waals surface area contributed by atoms with Crippen molar-refractivity contribution in [1.29, 1.82) is 0 Å². The van der Waals surface area contributed by atoms with Crippen molar-refractivity contribution in [3.05, 3.63) is 48.4 Å². The molecule has 27 heavy (non-hydrogen) atoms. The molecule has 2 aromatic rings. The molecule has 2 saturated heterocycles. The average molecular weight is 369 g/mol. The van der Waals surface area contributed by atoms with Gasteiger partial charge >= 0.3 is 6.03 Å². The molecular weight excluding hydrogens is 342 g/mol. The molecule has 0 aliphatic carbocycles. The summed E-state index contributed by atoms with van der Waals surface area (Å²) < 4.78 is 11.1. The summed E-state index contributed by atoms with van der Waals surface area (Å²) in [6, 6.07) is 12.6. The molecule has 0 radical (unpaired) electrons. The number of urea groups is 1. The molecule has 3 heterocycles. The Morgan fingerprint density at radius 1 is 1.19 bits per heavy atom. The fraction of sp³-hybridized carbons (Fsp3) is 0.476. The van der Waals surface area contributed by atoms with E-state index < -0.39 is 0 Å². The standard InChI is InChI=1S/C21H27N3O3/c1-2-26-20-8-4-3-7-19(20)23-21(25)22-15-12-16-9-10-17(13-15)24(16)14-18-6-5-11-27-18/h3-8,11,15-17H,2,9-10,12-14H2,1H3,(H2,22,23,25). The first-order valence-corrected chi connectivity index (χ1v) is 9.80. The zero-order valence-electron chi connectivity index (χ0n) is 15.7. The Hall–Kier alpha value is -2.47. The molecule has 1 aromatic carbocycles. The average Bonchev–Trinajstić information content (AvgIpc) is 3.24. The Kier molecular flexibility index (Phi) is 5.34. The predicted molar refractivity (Wildman–Crippen MR) is 104 cm³/mol. The van der Waals surface area contributed by atoms with E-state index in [9.17, 15) is 4.79 Å². The summed E-state index contributed by atoms with van der Waals surface area (Å²) >= 11 is 0. The van der Waals surface area contributed by atoms with Crippen LogP contribution in [0.1, 0.15) is 38.4 Å². The Morgan fingerprint density at radius 3 is 2.67 bits per heavy atom. The molecule has 2 amide bonds. The van der Waals surface area contributed by atoms with Crippen molar-refractivity contribution in [2.45, 2.75) is 57.3 Å². The van der Waals surface area contributed by atoms with Crippen LogP contribution in [-0.4, -0.2) is 35.7 Å². The topological polar surface area (TPSA) is 66.7 Å². The first-order valence-electron chi connectivity index (χ1n) is 9.80. The Balaban J connectivity index is 1.33. The molecule has 2 atom stereocenters. The van der Waals surface area contributed by atoms with E-state index in [0.717, 1.165) is 25.1 Å². The highest BCUT2D eigenvalue weighted by Gasteiger charge is 2.41. The maximum atomic E-state index is 12.5. The van der Waals surface area contributed by atoms with Gasteiger partial charge in [-0.15, -0.1) is 0 Å². The third-order valence-electron chi connectivity index (χ3n) is 5.57. The van der Waals surface area contributed by atoms with E-state index >= 15 is 0 Å². The third-order valence-corrected chi connectivity index (χ3v) is 5.57. The van der Waals surface area contributed by atoms with Crippen molar-refractivity contribution in [1.82, 2.24) is 10.2 Å². The van der Waals surface area contributed by atoms with Crippen LogP contribution >= 0.6 is 0 Å². The van der Waals surface area contributed by atoms with E-state index in [1.807, 2.05) is 43.3 Å². The molecule has 2 fully saturated rings.